The van der Waals surface area contributed by atoms with Crippen LogP contribution in [0.5, 0.6) is 0 Å². The molecular weight excluding hydrogens is 380 g/mol. The summed E-state index contributed by atoms with van der Waals surface area (Å²) in [5, 5.41) is 0. The summed E-state index contributed by atoms with van der Waals surface area (Å²) in [4.78, 5) is 10.5. The van der Waals surface area contributed by atoms with E-state index in [1.807, 2.05) is 0 Å². The van der Waals surface area contributed by atoms with Gasteiger partial charge in [0.2, 0.25) is 0 Å². The quantitative estimate of drug-likeness (QED) is 0.366. The Bertz CT molecular complexity index is 391. The summed E-state index contributed by atoms with van der Waals surface area (Å²) in [7, 11) is 8.17. The standard InChI is InChI=1S/C23H48N4O3/c1-24-11-13-26(10-7-5-6-8-16-28-3)20-22(24)23-21-27(14-12-25(23)2)15-19-30-18-9-17-29-4/h22-23H,5-21H2,1-4H3. The molecule has 0 amide bonds. The van der Waals surface area contributed by atoms with Crippen molar-refractivity contribution in [2.24, 2.45) is 0 Å². The molecule has 0 spiro atoms. The number of ether oxygens (including phenoxy) is 3. The molecule has 2 atom stereocenters. The second-order valence-corrected chi connectivity index (χ2v) is 9.06. The molecule has 2 saturated heterocycles. The zero-order valence-corrected chi connectivity index (χ0v) is 20.2. The molecule has 0 bridgehead atoms. The van der Waals surface area contributed by atoms with Crippen LogP contribution in [0.4, 0.5) is 0 Å². The largest absolute Gasteiger partial charge is 0.385 e. The molecule has 0 saturated carbocycles. The van der Waals surface area contributed by atoms with Gasteiger partial charge in [-0.1, -0.05) is 12.8 Å². The van der Waals surface area contributed by atoms with Gasteiger partial charge in [-0.2, -0.15) is 0 Å². The predicted molar refractivity (Wildman–Crippen MR) is 123 cm³/mol. The molecule has 2 unspecified atom stereocenters. The van der Waals surface area contributed by atoms with Gasteiger partial charge in [0.1, 0.15) is 0 Å². The van der Waals surface area contributed by atoms with Crippen molar-refractivity contribution in [1.82, 2.24) is 19.6 Å². The minimum atomic E-state index is 0.599. The Morgan fingerprint density at radius 3 is 1.80 bits per heavy atom. The van der Waals surface area contributed by atoms with Crippen LogP contribution >= 0.6 is 0 Å². The summed E-state index contributed by atoms with van der Waals surface area (Å²) in [6, 6.07) is 1.21. The first-order valence-corrected chi connectivity index (χ1v) is 12.1. The van der Waals surface area contributed by atoms with Gasteiger partial charge in [0.15, 0.2) is 0 Å². The van der Waals surface area contributed by atoms with Gasteiger partial charge in [-0.3, -0.25) is 14.7 Å². The zero-order chi connectivity index (χ0) is 21.6. The third kappa shape index (κ3) is 9.47. The zero-order valence-electron chi connectivity index (χ0n) is 20.2. The van der Waals surface area contributed by atoms with Crippen molar-refractivity contribution in [3.05, 3.63) is 0 Å². The Labute approximate surface area is 185 Å². The molecule has 7 nitrogen and oxygen atoms in total. The number of hydrogen-bond donors (Lipinski definition) is 0. The number of piperazine rings is 2. The van der Waals surface area contributed by atoms with E-state index in [1.54, 1.807) is 14.2 Å². The van der Waals surface area contributed by atoms with Gasteiger partial charge in [0.05, 0.1) is 6.61 Å². The van der Waals surface area contributed by atoms with Crippen molar-refractivity contribution < 1.29 is 14.2 Å². The second kappa shape index (κ2) is 15.5. The molecule has 0 aliphatic carbocycles. The summed E-state index contributed by atoms with van der Waals surface area (Å²) in [5.41, 5.74) is 0. The Morgan fingerprint density at radius 2 is 1.17 bits per heavy atom. The van der Waals surface area contributed by atoms with Gasteiger partial charge in [-0.25, -0.2) is 0 Å². The van der Waals surface area contributed by atoms with E-state index < -0.39 is 0 Å². The van der Waals surface area contributed by atoms with Gasteiger partial charge in [0, 0.05) is 91.9 Å². The van der Waals surface area contributed by atoms with E-state index in [0.29, 0.717) is 12.1 Å². The first kappa shape index (κ1) is 26.0. The van der Waals surface area contributed by atoms with Gasteiger partial charge in [0.25, 0.3) is 0 Å². The predicted octanol–water partition coefficient (Wildman–Crippen LogP) is 1.48. The monoisotopic (exact) mass is 428 g/mol. The van der Waals surface area contributed by atoms with E-state index in [9.17, 15) is 0 Å². The highest BCUT2D eigenvalue weighted by molar-refractivity contribution is 4.94. The summed E-state index contributed by atoms with van der Waals surface area (Å²) < 4.78 is 16.0. The molecule has 2 fully saturated rings. The van der Waals surface area contributed by atoms with Gasteiger partial charge in [-0.15, -0.1) is 0 Å². The number of unbranched alkanes of at least 4 members (excludes halogenated alkanes) is 3. The molecular formula is C23H48N4O3. The lowest BCUT2D eigenvalue weighted by Crippen LogP contribution is -2.65. The highest BCUT2D eigenvalue weighted by Gasteiger charge is 2.36. The van der Waals surface area contributed by atoms with Crippen LogP contribution in [0.25, 0.3) is 0 Å². The van der Waals surface area contributed by atoms with Crippen molar-refractivity contribution >= 4 is 0 Å². The number of rotatable bonds is 15. The van der Waals surface area contributed by atoms with Crippen molar-refractivity contribution in [2.45, 2.75) is 44.2 Å². The minimum Gasteiger partial charge on any atom is -0.385 e. The maximum atomic E-state index is 5.80. The lowest BCUT2D eigenvalue weighted by molar-refractivity contribution is -0.00883. The third-order valence-electron chi connectivity index (χ3n) is 6.77. The van der Waals surface area contributed by atoms with Crippen molar-refractivity contribution in [3.63, 3.8) is 0 Å². The van der Waals surface area contributed by atoms with E-state index in [-0.39, 0.29) is 0 Å². The minimum absolute atomic E-state index is 0.599. The van der Waals surface area contributed by atoms with Crippen LogP contribution in [0, 0.1) is 0 Å². The van der Waals surface area contributed by atoms with Crippen molar-refractivity contribution in [2.75, 3.05) is 107 Å². The summed E-state index contributed by atoms with van der Waals surface area (Å²) in [6.07, 6.45) is 6.10. The molecule has 0 aromatic heterocycles. The van der Waals surface area contributed by atoms with E-state index >= 15 is 0 Å². The SMILES string of the molecule is COCCCCCCN1CCN(C)C(C2CN(CCOCCCOC)CCN2C)C1. The molecule has 30 heavy (non-hydrogen) atoms. The molecule has 0 aromatic carbocycles. The molecule has 2 aliphatic rings. The van der Waals surface area contributed by atoms with Crippen molar-refractivity contribution in [3.8, 4) is 0 Å². The molecule has 0 aromatic rings. The van der Waals surface area contributed by atoms with Crippen LogP contribution in [0.3, 0.4) is 0 Å². The molecule has 2 rings (SSSR count). The average Bonchev–Trinajstić information content (AvgIpc) is 2.75. The van der Waals surface area contributed by atoms with E-state index in [1.165, 1.54) is 51.9 Å². The Morgan fingerprint density at radius 1 is 0.600 bits per heavy atom. The van der Waals surface area contributed by atoms with E-state index in [0.717, 1.165) is 59.0 Å². The second-order valence-electron chi connectivity index (χ2n) is 9.06. The molecule has 2 aliphatic heterocycles. The third-order valence-corrected chi connectivity index (χ3v) is 6.77. The molecule has 178 valence electrons. The number of likely N-dealkylation sites (N-methyl/N-ethyl adjacent to an activating group) is 2. The fraction of sp³-hybridized carbons (Fsp3) is 1.00. The number of hydrogen-bond acceptors (Lipinski definition) is 7. The first-order valence-electron chi connectivity index (χ1n) is 12.1. The Hall–Kier alpha value is -0.280. The lowest BCUT2D eigenvalue weighted by Gasteiger charge is -2.49. The Kier molecular flexibility index (Phi) is 13.4. The van der Waals surface area contributed by atoms with E-state index in [4.69, 9.17) is 14.2 Å². The van der Waals surface area contributed by atoms with Crippen LogP contribution in [0.15, 0.2) is 0 Å². The fourth-order valence-electron chi connectivity index (χ4n) is 4.69. The van der Waals surface area contributed by atoms with Crippen LogP contribution < -0.4 is 0 Å². The maximum absolute atomic E-state index is 5.80. The number of methoxy groups -OCH3 is 2. The van der Waals surface area contributed by atoms with Gasteiger partial charge < -0.3 is 19.1 Å². The van der Waals surface area contributed by atoms with Crippen LogP contribution in [-0.2, 0) is 14.2 Å². The summed E-state index contributed by atoms with van der Waals surface area (Å²) in [6.45, 7) is 12.6. The summed E-state index contributed by atoms with van der Waals surface area (Å²) in [5.74, 6) is 0. The highest BCUT2D eigenvalue weighted by Crippen LogP contribution is 2.19. The van der Waals surface area contributed by atoms with Crippen molar-refractivity contribution in [1.29, 1.82) is 0 Å². The molecule has 0 radical (unpaired) electrons. The smallest absolute Gasteiger partial charge is 0.0593 e. The lowest BCUT2D eigenvalue weighted by atomic mass is 9.99. The Balaban J connectivity index is 1.72. The van der Waals surface area contributed by atoms with E-state index in [2.05, 4.69) is 33.7 Å². The van der Waals surface area contributed by atoms with Gasteiger partial charge in [-0.05, 0) is 39.9 Å². The maximum Gasteiger partial charge on any atom is 0.0593 e. The van der Waals surface area contributed by atoms with Crippen LogP contribution in [0.2, 0.25) is 0 Å². The average molecular weight is 429 g/mol. The normalized spacial score (nSPS) is 25.2. The number of nitrogens with zero attached hydrogens (tertiary/aromatic N) is 4. The topological polar surface area (TPSA) is 40.7 Å². The molecule has 7 heteroatoms. The first-order chi connectivity index (χ1) is 14.7. The summed E-state index contributed by atoms with van der Waals surface area (Å²) >= 11 is 0. The highest BCUT2D eigenvalue weighted by atomic mass is 16.5. The van der Waals surface area contributed by atoms with Crippen LogP contribution in [0.1, 0.15) is 32.1 Å². The molecule has 2 heterocycles. The fourth-order valence-corrected chi connectivity index (χ4v) is 4.69. The molecule has 0 N–H and O–H groups in total. The van der Waals surface area contributed by atoms with Gasteiger partial charge >= 0.3 is 0 Å². The van der Waals surface area contributed by atoms with Crippen LogP contribution in [-0.4, -0.2) is 139 Å².